The number of aromatic nitrogens is 2. The van der Waals surface area contributed by atoms with Crippen LogP contribution in [-0.4, -0.2) is 33.7 Å². The molecule has 0 spiro atoms. The molecular formula is C23H22F3N5O2. The summed E-state index contributed by atoms with van der Waals surface area (Å²) in [6, 6.07) is 7.65. The fourth-order valence-corrected chi connectivity index (χ4v) is 3.76. The van der Waals surface area contributed by atoms with E-state index in [1.807, 2.05) is 20.0 Å². The van der Waals surface area contributed by atoms with Crippen molar-refractivity contribution >= 4 is 17.6 Å². The molecule has 4 rings (SSSR count). The molecular weight excluding hydrogens is 435 g/mol. The standard InChI is InChI=1S/C23H22F3N5O2/c1-13-6-17(28-30(13)3)12-31-21-7-14(4-5-15(21)11-29(2)23(31)33)22(32)27-10-18-19(25)8-16(24)9-20(18)26/h4-9H,10-12H2,1-3H3,(H,27,32). The number of carbonyl (C=O) groups excluding carboxylic acids is 2. The molecule has 1 aliphatic rings. The van der Waals surface area contributed by atoms with Gasteiger partial charge in [-0.05, 0) is 30.7 Å². The molecule has 0 atom stereocenters. The Hall–Kier alpha value is -3.82. The van der Waals surface area contributed by atoms with Gasteiger partial charge in [-0.2, -0.15) is 5.10 Å². The summed E-state index contributed by atoms with van der Waals surface area (Å²) in [7, 11) is 3.50. The molecule has 172 valence electrons. The van der Waals surface area contributed by atoms with Crippen molar-refractivity contribution in [2.24, 2.45) is 7.05 Å². The van der Waals surface area contributed by atoms with Crippen molar-refractivity contribution in [1.29, 1.82) is 0 Å². The minimum absolute atomic E-state index is 0.217. The quantitative estimate of drug-likeness (QED) is 0.636. The van der Waals surface area contributed by atoms with Gasteiger partial charge in [0.2, 0.25) is 0 Å². The molecule has 7 nitrogen and oxygen atoms in total. The first-order valence-corrected chi connectivity index (χ1v) is 10.2. The summed E-state index contributed by atoms with van der Waals surface area (Å²) in [6.07, 6.45) is 0. The summed E-state index contributed by atoms with van der Waals surface area (Å²) in [5.74, 6) is -3.78. The molecule has 33 heavy (non-hydrogen) atoms. The Balaban J connectivity index is 1.58. The van der Waals surface area contributed by atoms with Gasteiger partial charge in [-0.1, -0.05) is 6.07 Å². The van der Waals surface area contributed by atoms with Crippen molar-refractivity contribution in [3.63, 3.8) is 0 Å². The second-order valence-electron chi connectivity index (χ2n) is 8.00. The van der Waals surface area contributed by atoms with Crippen LogP contribution in [0.4, 0.5) is 23.7 Å². The van der Waals surface area contributed by atoms with Gasteiger partial charge >= 0.3 is 6.03 Å². The van der Waals surface area contributed by atoms with Crippen LogP contribution >= 0.6 is 0 Å². The van der Waals surface area contributed by atoms with Crippen molar-refractivity contribution in [3.8, 4) is 0 Å². The third kappa shape index (κ3) is 4.41. The molecule has 10 heteroatoms. The smallest absolute Gasteiger partial charge is 0.324 e. The predicted octanol–water partition coefficient (Wildman–Crippen LogP) is 3.65. The van der Waals surface area contributed by atoms with Crippen LogP contribution in [0.5, 0.6) is 0 Å². The molecule has 3 amide bonds. The summed E-state index contributed by atoms with van der Waals surface area (Å²) >= 11 is 0. The van der Waals surface area contributed by atoms with E-state index in [1.165, 1.54) is 4.90 Å². The number of hydrogen-bond donors (Lipinski definition) is 1. The number of nitrogens with zero attached hydrogens (tertiary/aromatic N) is 4. The van der Waals surface area contributed by atoms with Crippen LogP contribution in [0.2, 0.25) is 0 Å². The highest BCUT2D eigenvalue weighted by Gasteiger charge is 2.29. The van der Waals surface area contributed by atoms with E-state index in [0.29, 0.717) is 30.1 Å². The zero-order chi connectivity index (χ0) is 23.9. The lowest BCUT2D eigenvalue weighted by molar-refractivity contribution is 0.0950. The predicted molar refractivity (Wildman–Crippen MR) is 115 cm³/mol. The van der Waals surface area contributed by atoms with Gasteiger partial charge in [0, 0.05) is 56.1 Å². The number of hydrogen-bond acceptors (Lipinski definition) is 3. The number of rotatable bonds is 5. The van der Waals surface area contributed by atoms with E-state index in [2.05, 4.69) is 10.4 Å². The molecule has 1 aliphatic heterocycles. The monoisotopic (exact) mass is 457 g/mol. The van der Waals surface area contributed by atoms with Crippen LogP contribution in [0, 0.1) is 24.4 Å². The summed E-state index contributed by atoms with van der Waals surface area (Å²) in [4.78, 5) is 28.7. The minimum Gasteiger partial charge on any atom is -0.348 e. The van der Waals surface area contributed by atoms with Crippen LogP contribution in [0.3, 0.4) is 0 Å². The van der Waals surface area contributed by atoms with Gasteiger partial charge in [-0.15, -0.1) is 0 Å². The zero-order valence-corrected chi connectivity index (χ0v) is 18.3. The van der Waals surface area contributed by atoms with Crippen molar-refractivity contribution in [2.45, 2.75) is 26.6 Å². The SMILES string of the molecule is Cc1cc(CN2C(=O)N(C)Cc3ccc(C(=O)NCc4c(F)cc(F)cc4F)cc32)nn1C. The Labute approximate surface area is 188 Å². The fourth-order valence-electron chi connectivity index (χ4n) is 3.76. The molecule has 0 radical (unpaired) electrons. The maximum absolute atomic E-state index is 13.9. The van der Waals surface area contributed by atoms with Crippen LogP contribution < -0.4 is 10.2 Å². The number of benzene rings is 2. The summed E-state index contributed by atoms with van der Waals surface area (Å²) in [5.41, 5.74) is 2.83. The molecule has 1 N–H and O–H groups in total. The van der Waals surface area contributed by atoms with E-state index in [-0.39, 0.29) is 18.1 Å². The third-order valence-corrected chi connectivity index (χ3v) is 5.62. The van der Waals surface area contributed by atoms with E-state index in [1.54, 1.807) is 34.8 Å². The van der Waals surface area contributed by atoms with Crippen molar-refractivity contribution < 1.29 is 22.8 Å². The van der Waals surface area contributed by atoms with Gasteiger partial charge in [-0.3, -0.25) is 14.4 Å². The summed E-state index contributed by atoms with van der Waals surface area (Å²) in [6.45, 7) is 2.05. The molecule has 2 heterocycles. The number of aryl methyl sites for hydroxylation is 2. The number of anilines is 1. The van der Waals surface area contributed by atoms with Gasteiger partial charge in [-0.25, -0.2) is 18.0 Å². The fraction of sp³-hybridized carbons (Fsp3) is 0.261. The molecule has 0 saturated carbocycles. The van der Waals surface area contributed by atoms with E-state index >= 15 is 0 Å². The highest BCUT2D eigenvalue weighted by Crippen LogP contribution is 2.30. The molecule has 2 aromatic carbocycles. The number of nitrogens with one attached hydrogen (secondary N) is 1. The first-order chi connectivity index (χ1) is 15.6. The second kappa shape index (κ2) is 8.61. The van der Waals surface area contributed by atoms with Crippen LogP contribution in [0.1, 0.15) is 32.9 Å². The molecule has 0 aliphatic carbocycles. The van der Waals surface area contributed by atoms with E-state index in [9.17, 15) is 22.8 Å². The van der Waals surface area contributed by atoms with Crippen molar-refractivity contribution in [2.75, 3.05) is 11.9 Å². The van der Waals surface area contributed by atoms with E-state index in [0.717, 1.165) is 11.3 Å². The average molecular weight is 457 g/mol. The Bertz CT molecular complexity index is 1210. The van der Waals surface area contributed by atoms with Crippen molar-refractivity contribution in [3.05, 3.63) is 81.9 Å². The van der Waals surface area contributed by atoms with Gasteiger partial charge in [0.15, 0.2) is 0 Å². The van der Waals surface area contributed by atoms with Crippen molar-refractivity contribution in [1.82, 2.24) is 20.0 Å². The Morgan fingerprint density at radius 2 is 1.79 bits per heavy atom. The highest BCUT2D eigenvalue weighted by molar-refractivity contribution is 5.99. The van der Waals surface area contributed by atoms with E-state index in [4.69, 9.17) is 0 Å². The number of carbonyl (C=O) groups is 2. The summed E-state index contributed by atoms with van der Waals surface area (Å²) in [5, 5.41) is 6.85. The van der Waals surface area contributed by atoms with Crippen LogP contribution in [0.25, 0.3) is 0 Å². The Morgan fingerprint density at radius 1 is 1.09 bits per heavy atom. The maximum atomic E-state index is 13.9. The Kier molecular flexibility index (Phi) is 5.84. The first-order valence-electron chi connectivity index (χ1n) is 10.2. The molecule has 0 saturated heterocycles. The molecule has 0 bridgehead atoms. The lowest BCUT2D eigenvalue weighted by Crippen LogP contribution is -2.45. The lowest BCUT2D eigenvalue weighted by atomic mass is 10.0. The van der Waals surface area contributed by atoms with Gasteiger partial charge < -0.3 is 10.2 Å². The van der Waals surface area contributed by atoms with Crippen LogP contribution in [-0.2, 0) is 26.7 Å². The van der Waals surface area contributed by atoms with Gasteiger partial charge in [0.05, 0.1) is 17.9 Å². The molecule has 3 aromatic rings. The third-order valence-electron chi connectivity index (χ3n) is 5.62. The van der Waals surface area contributed by atoms with Gasteiger partial charge in [0.1, 0.15) is 17.5 Å². The first kappa shape index (κ1) is 22.4. The highest BCUT2D eigenvalue weighted by atomic mass is 19.1. The lowest BCUT2D eigenvalue weighted by Gasteiger charge is -2.35. The second-order valence-corrected chi connectivity index (χ2v) is 8.00. The minimum atomic E-state index is -1.08. The summed E-state index contributed by atoms with van der Waals surface area (Å²) < 4.78 is 42.6. The zero-order valence-electron chi connectivity index (χ0n) is 18.3. The van der Waals surface area contributed by atoms with Gasteiger partial charge in [0.25, 0.3) is 5.91 Å². The molecule has 0 unspecified atom stereocenters. The van der Waals surface area contributed by atoms with E-state index < -0.39 is 35.5 Å². The average Bonchev–Trinajstić information content (AvgIpc) is 3.07. The maximum Gasteiger partial charge on any atom is 0.324 e. The number of urea groups is 1. The topological polar surface area (TPSA) is 70.5 Å². The number of fused-ring (bicyclic) bond motifs is 1. The Morgan fingerprint density at radius 3 is 2.42 bits per heavy atom. The van der Waals surface area contributed by atoms with Crippen LogP contribution in [0.15, 0.2) is 36.4 Å². The largest absolute Gasteiger partial charge is 0.348 e. The molecule has 0 fully saturated rings. The normalized spacial score (nSPS) is 13.3. The number of halogens is 3. The molecule has 1 aromatic heterocycles. The number of amides is 3.